The third-order valence-electron chi connectivity index (χ3n) is 4.19. The summed E-state index contributed by atoms with van der Waals surface area (Å²) in [4.78, 5) is 24.6. The average molecular weight is 439 g/mol. The minimum Gasteiger partial charge on any atom is -0.351 e. The van der Waals surface area contributed by atoms with Gasteiger partial charge in [-0.25, -0.2) is 0 Å². The molecule has 0 saturated carbocycles. The molecule has 0 atom stereocenters. The Bertz CT molecular complexity index is 1050. The highest BCUT2D eigenvalue weighted by Crippen LogP contribution is 2.22. The van der Waals surface area contributed by atoms with Crippen molar-refractivity contribution in [2.24, 2.45) is 0 Å². The second-order valence-corrected chi connectivity index (χ2v) is 7.94. The SMILES string of the molecule is O=C(NCCSc1ccc(Cl)cc1)/C(=C/c1cccc([N+](=O)[O-])c1)c1ccccc1. The lowest BCUT2D eigenvalue weighted by Gasteiger charge is -2.10. The number of non-ortho nitro benzene ring substituents is 1. The van der Waals surface area contributed by atoms with Gasteiger partial charge in [0.05, 0.1) is 4.92 Å². The Kier molecular flexibility index (Phi) is 7.65. The van der Waals surface area contributed by atoms with Crippen molar-refractivity contribution in [3.8, 4) is 0 Å². The maximum absolute atomic E-state index is 12.9. The van der Waals surface area contributed by atoms with Gasteiger partial charge in [0.15, 0.2) is 0 Å². The van der Waals surface area contributed by atoms with Crippen LogP contribution in [0.2, 0.25) is 5.02 Å². The number of nitrogens with zero attached hydrogens (tertiary/aromatic N) is 1. The number of nitro benzene ring substituents is 1. The lowest BCUT2D eigenvalue weighted by Crippen LogP contribution is -2.26. The van der Waals surface area contributed by atoms with Gasteiger partial charge in [-0.2, -0.15) is 0 Å². The molecule has 152 valence electrons. The first-order valence-corrected chi connectivity index (χ1v) is 10.6. The second-order valence-electron chi connectivity index (χ2n) is 6.33. The van der Waals surface area contributed by atoms with E-state index in [1.165, 1.54) is 12.1 Å². The number of nitrogens with one attached hydrogen (secondary N) is 1. The molecule has 0 radical (unpaired) electrons. The Hall–Kier alpha value is -3.09. The molecule has 30 heavy (non-hydrogen) atoms. The van der Waals surface area contributed by atoms with Crippen molar-refractivity contribution in [2.45, 2.75) is 4.90 Å². The zero-order chi connectivity index (χ0) is 21.3. The number of rotatable bonds is 8. The number of hydrogen-bond donors (Lipinski definition) is 1. The maximum atomic E-state index is 12.9. The first-order chi connectivity index (χ1) is 14.5. The van der Waals surface area contributed by atoms with E-state index in [2.05, 4.69) is 5.32 Å². The number of thioether (sulfide) groups is 1. The second kappa shape index (κ2) is 10.6. The highest BCUT2D eigenvalue weighted by Gasteiger charge is 2.13. The maximum Gasteiger partial charge on any atom is 0.270 e. The molecule has 0 aliphatic heterocycles. The van der Waals surface area contributed by atoms with Gasteiger partial charge in [-0.3, -0.25) is 14.9 Å². The molecule has 7 heteroatoms. The van der Waals surface area contributed by atoms with Gasteiger partial charge >= 0.3 is 0 Å². The van der Waals surface area contributed by atoms with Crippen LogP contribution >= 0.6 is 23.4 Å². The van der Waals surface area contributed by atoms with Crippen molar-refractivity contribution in [3.05, 3.63) is 105 Å². The summed E-state index contributed by atoms with van der Waals surface area (Å²) in [5.41, 5.74) is 1.77. The molecule has 3 aromatic carbocycles. The highest BCUT2D eigenvalue weighted by molar-refractivity contribution is 7.99. The van der Waals surface area contributed by atoms with E-state index >= 15 is 0 Å². The number of amides is 1. The molecule has 1 N–H and O–H groups in total. The minimum atomic E-state index is -0.451. The Morgan fingerprint density at radius 1 is 1.03 bits per heavy atom. The topological polar surface area (TPSA) is 72.2 Å². The smallest absolute Gasteiger partial charge is 0.270 e. The molecule has 1 amide bonds. The van der Waals surface area contributed by atoms with Crippen LogP contribution in [-0.2, 0) is 4.79 Å². The van der Waals surface area contributed by atoms with E-state index in [-0.39, 0.29) is 11.6 Å². The Labute approximate surface area is 183 Å². The van der Waals surface area contributed by atoms with Gasteiger partial charge in [-0.1, -0.05) is 54.1 Å². The Balaban J connectivity index is 1.72. The van der Waals surface area contributed by atoms with Gasteiger partial charge in [-0.15, -0.1) is 11.8 Å². The lowest BCUT2D eigenvalue weighted by atomic mass is 10.0. The molecule has 3 aromatic rings. The number of halogens is 1. The van der Waals surface area contributed by atoms with Crippen LogP contribution in [0.1, 0.15) is 11.1 Å². The molecular weight excluding hydrogens is 420 g/mol. The summed E-state index contributed by atoms with van der Waals surface area (Å²) in [6, 6.07) is 23.0. The lowest BCUT2D eigenvalue weighted by molar-refractivity contribution is -0.384. The van der Waals surface area contributed by atoms with Crippen molar-refractivity contribution in [1.82, 2.24) is 5.32 Å². The van der Waals surface area contributed by atoms with E-state index in [1.54, 1.807) is 30.0 Å². The van der Waals surface area contributed by atoms with Crippen LogP contribution in [0.25, 0.3) is 11.6 Å². The zero-order valence-corrected chi connectivity index (χ0v) is 17.5. The van der Waals surface area contributed by atoms with Crippen molar-refractivity contribution < 1.29 is 9.72 Å². The molecule has 0 aromatic heterocycles. The average Bonchev–Trinajstić information content (AvgIpc) is 2.77. The normalized spacial score (nSPS) is 11.2. The summed E-state index contributed by atoms with van der Waals surface area (Å²) >= 11 is 7.51. The molecule has 3 rings (SSSR count). The fourth-order valence-electron chi connectivity index (χ4n) is 2.75. The summed E-state index contributed by atoms with van der Waals surface area (Å²) in [5, 5.41) is 14.7. The first-order valence-electron chi connectivity index (χ1n) is 9.21. The minimum absolute atomic E-state index is 0.0177. The van der Waals surface area contributed by atoms with E-state index < -0.39 is 4.92 Å². The molecule has 0 heterocycles. The van der Waals surface area contributed by atoms with Crippen molar-refractivity contribution in [2.75, 3.05) is 12.3 Å². The Morgan fingerprint density at radius 3 is 2.47 bits per heavy atom. The number of nitro groups is 1. The van der Waals surface area contributed by atoms with Gasteiger partial charge in [0, 0.05) is 39.9 Å². The summed E-state index contributed by atoms with van der Waals surface area (Å²) < 4.78 is 0. The third kappa shape index (κ3) is 6.20. The third-order valence-corrected chi connectivity index (χ3v) is 5.46. The van der Waals surface area contributed by atoms with Gasteiger partial charge in [0.1, 0.15) is 0 Å². The molecule has 0 saturated heterocycles. The van der Waals surface area contributed by atoms with Crippen LogP contribution in [0, 0.1) is 10.1 Å². The molecule has 0 fully saturated rings. The highest BCUT2D eigenvalue weighted by atomic mass is 35.5. The monoisotopic (exact) mass is 438 g/mol. The van der Waals surface area contributed by atoms with Crippen LogP contribution in [0.5, 0.6) is 0 Å². The quantitative estimate of drug-likeness (QED) is 0.122. The van der Waals surface area contributed by atoms with Crippen LogP contribution in [-0.4, -0.2) is 23.1 Å². The molecule has 0 aliphatic carbocycles. The van der Waals surface area contributed by atoms with Crippen molar-refractivity contribution >= 4 is 46.6 Å². The summed E-state index contributed by atoms with van der Waals surface area (Å²) in [6.45, 7) is 0.477. The van der Waals surface area contributed by atoms with Gasteiger partial charge in [0.2, 0.25) is 0 Å². The number of hydrogen-bond acceptors (Lipinski definition) is 4. The largest absolute Gasteiger partial charge is 0.351 e. The predicted octanol–water partition coefficient (Wildman–Crippen LogP) is 5.70. The van der Waals surface area contributed by atoms with Gasteiger partial charge in [0.25, 0.3) is 11.6 Å². The van der Waals surface area contributed by atoms with Crippen molar-refractivity contribution in [1.29, 1.82) is 0 Å². The van der Waals surface area contributed by atoms with Crippen LogP contribution in [0.4, 0.5) is 5.69 Å². The van der Waals surface area contributed by atoms with Crippen LogP contribution < -0.4 is 5.32 Å². The van der Waals surface area contributed by atoms with Crippen LogP contribution in [0.3, 0.4) is 0 Å². The zero-order valence-electron chi connectivity index (χ0n) is 16.0. The summed E-state index contributed by atoms with van der Waals surface area (Å²) in [5.74, 6) is 0.469. The van der Waals surface area contributed by atoms with E-state index in [0.29, 0.717) is 28.5 Å². The van der Waals surface area contributed by atoms with Crippen LogP contribution in [0.15, 0.2) is 83.8 Å². The van der Waals surface area contributed by atoms with E-state index in [0.717, 1.165) is 10.5 Å². The summed E-state index contributed by atoms with van der Waals surface area (Å²) in [6.07, 6.45) is 1.67. The predicted molar refractivity (Wildman–Crippen MR) is 123 cm³/mol. The van der Waals surface area contributed by atoms with Gasteiger partial charge < -0.3 is 5.32 Å². The number of benzene rings is 3. The van der Waals surface area contributed by atoms with E-state index in [9.17, 15) is 14.9 Å². The molecule has 5 nitrogen and oxygen atoms in total. The molecule has 0 unspecified atom stereocenters. The number of carbonyl (C=O) groups excluding carboxylic acids is 1. The van der Waals surface area contributed by atoms with Gasteiger partial charge in [-0.05, 0) is 41.5 Å². The molecular formula is C23H19ClN2O3S. The standard InChI is InChI=1S/C23H19ClN2O3S/c24-19-9-11-21(12-10-19)30-14-13-25-23(27)22(18-6-2-1-3-7-18)16-17-5-4-8-20(15-17)26(28)29/h1-12,15-16H,13-14H2,(H,25,27)/b22-16+. The first kappa shape index (κ1) is 21.6. The fraction of sp³-hybridized carbons (Fsp3) is 0.0870. The summed E-state index contributed by atoms with van der Waals surface area (Å²) in [7, 11) is 0. The number of carbonyl (C=O) groups is 1. The molecule has 0 aliphatic rings. The Morgan fingerprint density at radius 2 is 1.77 bits per heavy atom. The molecule has 0 bridgehead atoms. The fourth-order valence-corrected chi connectivity index (χ4v) is 3.65. The van der Waals surface area contributed by atoms with E-state index in [1.807, 2.05) is 54.6 Å². The van der Waals surface area contributed by atoms with Crippen molar-refractivity contribution in [3.63, 3.8) is 0 Å². The molecule has 0 spiro atoms. The van der Waals surface area contributed by atoms with E-state index in [4.69, 9.17) is 11.6 Å².